The molecule has 41 heavy (non-hydrogen) atoms. The average Bonchev–Trinajstić information content (AvgIpc) is 3.45. The fraction of sp³-hybridized carbons (Fsp3) is 0.312. The minimum atomic E-state index is -0.104. The summed E-state index contributed by atoms with van der Waals surface area (Å²) in [4.78, 5) is 22.6. The summed E-state index contributed by atoms with van der Waals surface area (Å²) in [6, 6.07) is 29.3. The summed E-state index contributed by atoms with van der Waals surface area (Å²) >= 11 is 1.46. The van der Waals surface area contributed by atoms with Crippen LogP contribution in [0.4, 0.5) is 9.93 Å². The molecule has 218 valence electrons. The number of morpholine rings is 1. The number of nitrogens with zero attached hydrogens (tertiary/aromatic N) is 3. The van der Waals surface area contributed by atoms with E-state index in [-0.39, 0.29) is 36.8 Å². The van der Waals surface area contributed by atoms with Crippen molar-refractivity contribution in [2.75, 3.05) is 51.3 Å². The van der Waals surface area contributed by atoms with E-state index in [9.17, 15) is 4.79 Å². The lowest BCUT2D eigenvalue weighted by Gasteiger charge is -2.31. The number of carbonyl (C=O) groups is 1. The fourth-order valence-corrected chi connectivity index (χ4v) is 5.65. The van der Waals surface area contributed by atoms with Crippen molar-refractivity contribution < 1.29 is 9.53 Å². The number of amides is 2. The van der Waals surface area contributed by atoms with Gasteiger partial charge in [0.1, 0.15) is 0 Å². The number of urea groups is 1. The Hall–Kier alpha value is -2.94. The largest absolute Gasteiger partial charge is 0.379 e. The van der Waals surface area contributed by atoms with Gasteiger partial charge >= 0.3 is 6.03 Å². The summed E-state index contributed by atoms with van der Waals surface area (Å²) in [6.07, 6.45) is 0.830. The van der Waals surface area contributed by atoms with Gasteiger partial charge in [0.25, 0.3) is 0 Å². The van der Waals surface area contributed by atoms with E-state index in [2.05, 4.69) is 89.9 Å². The van der Waals surface area contributed by atoms with Gasteiger partial charge in [0, 0.05) is 49.6 Å². The van der Waals surface area contributed by atoms with Gasteiger partial charge in [-0.1, -0.05) is 90.5 Å². The number of ether oxygens (including phenoxy) is 1. The van der Waals surface area contributed by atoms with E-state index < -0.39 is 0 Å². The summed E-state index contributed by atoms with van der Waals surface area (Å²) in [5.74, 6) is 0.207. The molecule has 1 fully saturated rings. The number of thiazole rings is 1. The molecule has 0 atom stereocenters. The second-order valence-electron chi connectivity index (χ2n) is 9.94. The SMILES string of the molecule is Cc1ccc(-c2csc(NC(=O)N(CCC(c3ccccc3)c3ccccc3)CCN3CCOCC3)n2)cc1.Cl.Cl. The van der Waals surface area contributed by atoms with Gasteiger partial charge in [-0.2, -0.15) is 0 Å². The molecule has 1 aliphatic rings. The first-order valence-electron chi connectivity index (χ1n) is 13.6. The summed E-state index contributed by atoms with van der Waals surface area (Å²) in [5.41, 5.74) is 5.67. The maximum atomic E-state index is 13.6. The highest BCUT2D eigenvalue weighted by Gasteiger charge is 2.21. The van der Waals surface area contributed by atoms with Crippen LogP contribution in [0.25, 0.3) is 11.3 Å². The smallest absolute Gasteiger partial charge is 0.323 e. The number of aromatic nitrogens is 1. The van der Waals surface area contributed by atoms with E-state index in [1.807, 2.05) is 22.4 Å². The topological polar surface area (TPSA) is 57.7 Å². The normalized spacial score (nSPS) is 13.2. The molecule has 6 nitrogen and oxygen atoms in total. The minimum Gasteiger partial charge on any atom is -0.379 e. The number of carbonyl (C=O) groups excluding carboxylic acids is 1. The first-order valence-corrected chi connectivity index (χ1v) is 14.5. The van der Waals surface area contributed by atoms with Crippen LogP contribution in [0.2, 0.25) is 0 Å². The van der Waals surface area contributed by atoms with Gasteiger partial charge in [0.05, 0.1) is 18.9 Å². The second-order valence-corrected chi connectivity index (χ2v) is 10.8. The molecular formula is C32H38Cl2N4O2S. The molecule has 0 aliphatic carbocycles. The van der Waals surface area contributed by atoms with Crippen molar-refractivity contribution in [1.29, 1.82) is 0 Å². The van der Waals surface area contributed by atoms with Crippen LogP contribution in [-0.2, 0) is 4.74 Å². The second kappa shape index (κ2) is 16.5. The Morgan fingerprint density at radius 1 is 0.927 bits per heavy atom. The first kappa shape index (κ1) is 32.6. The van der Waals surface area contributed by atoms with Crippen molar-refractivity contribution in [1.82, 2.24) is 14.8 Å². The van der Waals surface area contributed by atoms with Gasteiger partial charge in [-0.3, -0.25) is 10.2 Å². The molecule has 0 saturated carbocycles. The molecule has 0 radical (unpaired) electrons. The third kappa shape index (κ3) is 9.28. The summed E-state index contributed by atoms with van der Waals surface area (Å²) < 4.78 is 5.51. The Labute approximate surface area is 259 Å². The predicted octanol–water partition coefficient (Wildman–Crippen LogP) is 7.35. The lowest BCUT2D eigenvalue weighted by atomic mass is 9.88. The summed E-state index contributed by atoms with van der Waals surface area (Å²) in [5, 5.41) is 5.70. The molecule has 4 aromatic rings. The lowest BCUT2D eigenvalue weighted by molar-refractivity contribution is 0.0351. The van der Waals surface area contributed by atoms with Crippen molar-refractivity contribution in [3.8, 4) is 11.3 Å². The highest BCUT2D eigenvalue weighted by Crippen LogP contribution is 2.29. The number of hydrogen-bond donors (Lipinski definition) is 1. The quantitative estimate of drug-likeness (QED) is 0.203. The van der Waals surface area contributed by atoms with Crippen molar-refractivity contribution >= 4 is 47.3 Å². The third-order valence-corrected chi connectivity index (χ3v) is 7.99. The minimum absolute atomic E-state index is 0. The van der Waals surface area contributed by atoms with Gasteiger partial charge in [-0.15, -0.1) is 36.2 Å². The van der Waals surface area contributed by atoms with Gasteiger partial charge in [0.15, 0.2) is 5.13 Å². The van der Waals surface area contributed by atoms with Gasteiger partial charge in [0.2, 0.25) is 0 Å². The van der Waals surface area contributed by atoms with Gasteiger partial charge in [-0.05, 0) is 24.5 Å². The number of hydrogen-bond acceptors (Lipinski definition) is 5. The molecule has 2 heterocycles. The Morgan fingerprint density at radius 2 is 1.54 bits per heavy atom. The van der Waals surface area contributed by atoms with Crippen LogP contribution < -0.4 is 5.32 Å². The number of nitrogens with one attached hydrogen (secondary N) is 1. The van der Waals surface area contributed by atoms with E-state index >= 15 is 0 Å². The summed E-state index contributed by atoms with van der Waals surface area (Å²) in [7, 11) is 0. The van der Waals surface area contributed by atoms with Crippen molar-refractivity contribution in [3.63, 3.8) is 0 Å². The van der Waals surface area contributed by atoms with E-state index in [4.69, 9.17) is 9.72 Å². The van der Waals surface area contributed by atoms with E-state index in [1.54, 1.807) is 0 Å². The van der Waals surface area contributed by atoms with Gasteiger partial charge in [-0.25, -0.2) is 9.78 Å². The van der Waals surface area contributed by atoms with Crippen LogP contribution in [0.1, 0.15) is 29.0 Å². The maximum absolute atomic E-state index is 13.6. The fourth-order valence-electron chi connectivity index (χ4n) is 4.94. The molecule has 0 spiro atoms. The highest BCUT2D eigenvalue weighted by atomic mass is 35.5. The number of benzene rings is 3. The van der Waals surface area contributed by atoms with E-state index in [0.717, 1.165) is 50.5 Å². The van der Waals surface area contributed by atoms with Gasteiger partial charge < -0.3 is 9.64 Å². The van der Waals surface area contributed by atoms with Crippen LogP contribution >= 0.6 is 36.2 Å². The van der Waals surface area contributed by atoms with Crippen LogP contribution in [0.15, 0.2) is 90.3 Å². The molecular weight excluding hydrogens is 575 g/mol. The Bertz CT molecular complexity index is 1280. The van der Waals surface area contributed by atoms with Crippen LogP contribution in [0.3, 0.4) is 0 Å². The number of rotatable bonds is 10. The van der Waals surface area contributed by atoms with E-state index in [0.29, 0.717) is 18.2 Å². The van der Waals surface area contributed by atoms with Crippen molar-refractivity contribution in [3.05, 3.63) is 107 Å². The molecule has 5 rings (SSSR count). The number of halogens is 2. The highest BCUT2D eigenvalue weighted by molar-refractivity contribution is 7.14. The molecule has 1 saturated heterocycles. The van der Waals surface area contributed by atoms with Crippen LogP contribution in [-0.4, -0.2) is 66.8 Å². The number of aryl methyl sites for hydroxylation is 1. The average molecular weight is 614 g/mol. The zero-order valence-corrected chi connectivity index (χ0v) is 25.7. The standard InChI is InChI=1S/C32H36N4O2S.2ClH/c1-25-12-14-28(15-13-25)30-24-39-31(33-30)34-32(37)36(19-18-35-20-22-38-23-21-35)17-16-29(26-8-4-2-5-9-26)27-10-6-3-7-11-27;;/h2-15,24,29H,16-23H2,1H3,(H,33,34,37);2*1H. The molecule has 2 amide bonds. The van der Waals surface area contributed by atoms with Crippen LogP contribution in [0.5, 0.6) is 0 Å². The zero-order valence-electron chi connectivity index (χ0n) is 23.3. The first-order chi connectivity index (χ1) is 19.2. The predicted molar refractivity (Wildman–Crippen MR) is 174 cm³/mol. The molecule has 0 bridgehead atoms. The lowest BCUT2D eigenvalue weighted by Crippen LogP contribution is -2.44. The Morgan fingerprint density at radius 3 is 2.15 bits per heavy atom. The third-order valence-electron chi connectivity index (χ3n) is 7.23. The van der Waals surface area contributed by atoms with Crippen molar-refractivity contribution in [2.45, 2.75) is 19.3 Å². The molecule has 1 N–H and O–H groups in total. The summed E-state index contributed by atoms with van der Waals surface area (Å²) in [6.45, 7) is 7.48. The Kier molecular flexibility index (Phi) is 13.1. The molecule has 1 aromatic heterocycles. The van der Waals surface area contributed by atoms with E-state index in [1.165, 1.54) is 28.0 Å². The number of anilines is 1. The van der Waals surface area contributed by atoms with Crippen molar-refractivity contribution in [2.24, 2.45) is 0 Å². The van der Waals surface area contributed by atoms with Crippen LogP contribution in [0, 0.1) is 6.92 Å². The monoisotopic (exact) mass is 612 g/mol. The maximum Gasteiger partial charge on any atom is 0.323 e. The molecule has 1 aliphatic heterocycles. The Balaban J connectivity index is 0.00000231. The molecule has 9 heteroatoms. The zero-order chi connectivity index (χ0) is 26.9. The molecule has 3 aromatic carbocycles. The molecule has 0 unspecified atom stereocenters.